The topological polar surface area (TPSA) is 45.2 Å². The first kappa shape index (κ1) is 17.2. The molecule has 3 rings (SSSR count). The van der Waals surface area contributed by atoms with E-state index in [1.54, 1.807) is 22.4 Å². The molecule has 2 heterocycles. The Balaban J connectivity index is 1.77. The van der Waals surface area contributed by atoms with E-state index in [4.69, 9.17) is 0 Å². The van der Waals surface area contributed by atoms with Crippen LogP contribution in [0.4, 0.5) is 10.5 Å². The zero-order valence-electron chi connectivity index (χ0n) is 14.4. The van der Waals surface area contributed by atoms with Crippen LogP contribution in [0.5, 0.6) is 0 Å². The Hall–Kier alpha value is -2.66. The average molecular weight is 351 g/mol. The van der Waals surface area contributed by atoms with Gasteiger partial charge in [-0.25, -0.2) is 4.79 Å². The third kappa shape index (κ3) is 4.67. The van der Waals surface area contributed by atoms with Crippen LogP contribution in [-0.2, 0) is 13.1 Å². The predicted octanol–water partition coefficient (Wildman–Crippen LogP) is 4.99. The summed E-state index contributed by atoms with van der Waals surface area (Å²) >= 11 is 1.63. The molecule has 3 aromatic rings. The fourth-order valence-corrected chi connectivity index (χ4v) is 3.17. The largest absolute Gasteiger partial charge is 0.322 e. The van der Waals surface area contributed by atoms with Crippen molar-refractivity contribution < 1.29 is 4.79 Å². The molecule has 0 spiro atoms. The van der Waals surface area contributed by atoms with Gasteiger partial charge in [0.05, 0.1) is 12.2 Å². The third-order valence-corrected chi connectivity index (χ3v) is 4.81. The molecular formula is C20H21N3OS. The van der Waals surface area contributed by atoms with Crippen LogP contribution in [-0.4, -0.2) is 15.9 Å². The van der Waals surface area contributed by atoms with Gasteiger partial charge in [0, 0.05) is 18.4 Å². The maximum Gasteiger partial charge on any atom is 0.322 e. The molecule has 5 heteroatoms. The highest BCUT2D eigenvalue weighted by molar-refractivity contribution is 7.07. The summed E-state index contributed by atoms with van der Waals surface area (Å²) in [5.74, 6) is 0. The maximum atomic E-state index is 12.8. The van der Waals surface area contributed by atoms with Crippen molar-refractivity contribution in [2.24, 2.45) is 0 Å². The van der Waals surface area contributed by atoms with E-state index in [2.05, 4.69) is 22.6 Å². The maximum absolute atomic E-state index is 12.8. The van der Waals surface area contributed by atoms with Crippen LogP contribution >= 0.6 is 11.3 Å². The van der Waals surface area contributed by atoms with E-state index in [1.165, 1.54) is 5.56 Å². The number of nitrogens with one attached hydrogen (secondary N) is 1. The molecule has 0 bridgehead atoms. The molecule has 0 saturated carbocycles. The molecule has 0 unspecified atom stereocenters. The molecular weight excluding hydrogens is 330 g/mol. The number of thiophene rings is 1. The molecule has 0 radical (unpaired) electrons. The summed E-state index contributed by atoms with van der Waals surface area (Å²) in [5, 5.41) is 7.09. The number of hydrogen-bond donors (Lipinski definition) is 1. The van der Waals surface area contributed by atoms with Crippen molar-refractivity contribution in [1.29, 1.82) is 0 Å². The molecule has 0 aliphatic rings. The summed E-state index contributed by atoms with van der Waals surface area (Å²) in [5.41, 5.74) is 5.17. The van der Waals surface area contributed by atoms with Crippen LogP contribution in [0.15, 0.2) is 59.4 Å². The number of carbonyl (C=O) groups is 1. The number of anilines is 1. The van der Waals surface area contributed by atoms with Gasteiger partial charge in [0.15, 0.2) is 0 Å². The number of hydrogen-bond acceptors (Lipinski definition) is 3. The standard InChI is InChI=1S/C20H21N3OS/c1-15-6-7-18(11-16(15)2)22-20(24)23(12-17-8-10-25-14-17)13-19-5-3-4-9-21-19/h3-11,14H,12-13H2,1-2H3,(H,22,24). The second-order valence-electron chi connectivity index (χ2n) is 6.04. The van der Waals surface area contributed by atoms with E-state index in [-0.39, 0.29) is 6.03 Å². The molecule has 128 valence electrons. The molecule has 2 amide bonds. The Morgan fingerprint density at radius 2 is 2.00 bits per heavy atom. The normalized spacial score (nSPS) is 10.5. The summed E-state index contributed by atoms with van der Waals surface area (Å²) in [6.07, 6.45) is 1.75. The summed E-state index contributed by atoms with van der Waals surface area (Å²) in [6.45, 7) is 5.12. The van der Waals surface area contributed by atoms with Gasteiger partial charge in [-0.05, 0) is 71.6 Å². The summed E-state index contributed by atoms with van der Waals surface area (Å²) in [7, 11) is 0. The van der Waals surface area contributed by atoms with Crippen LogP contribution in [0, 0.1) is 13.8 Å². The Kier molecular flexibility index (Phi) is 5.46. The van der Waals surface area contributed by atoms with Gasteiger partial charge in [-0.15, -0.1) is 0 Å². The number of nitrogens with zero attached hydrogens (tertiary/aromatic N) is 2. The molecule has 25 heavy (non-hydrogen) atoms. The van der Waals surface area contributed by atoms with Gasteiger partial charge in [0.1, 0.15) is 0 Å². The zero-order valence-corrected chi connectivity index (χ0v) is 15.2. The molecule has 0 aliphatic heterocycles. The summed E-state index contributed by atoms with van der Waals surface area (Å²) < 4.78 is 0. The van der Waals surface area contributed by atoms with Crippen LogP contribution < -0.4 is 5.32 Å². The lowest BCUT2D eigenvalue weighted by Gasteiger charge is -2.22. The van der Waals surface area contributed by atoms with Crippen molar-refractivity contribution in [2.75, 3.05) is 5.32 Å². The monoisotopic (exact) mass is 351 g/mol. The fraction of sp³-hybridized carbons (Fsp3) is 0.200. The smallest absolute Gasteiger partial charge is 0.314 e. The second kappa shape index (κ2) is 7.94. The molecule has 4 nitrogen and oxygen atoms in total. The lowest BCUT2D eigenvalue weighted by Crippen LogP contribution is -2.34. The first-order chi connectivity index (χ1) is 12.1. The van der Waals surface area contributed by atoms with Crippen molar-refractivity contribution in [1.82, 2.24) is 9.88 Å². The Morgan fingerprint density at radius 1 is 1.12 bits per heavy atom. The first-order valence-electron chi connectivity index (χ1n) is 8.16. The average Bonchev–Trinajstić information content (AvgIpc) is 3.12. The van der Waals surface area contributed by atoms with Crippen LogP contribution in [0.1, 0.15) is 22.4 Å². The lowest BCUT2D eigenvalue weighted by atomic mass is 10.1. The van der Waals surface area contributed by atoms with E-state index in [0.29, 0.717) is 13.1 Å². The van der Waals surface area contributed by atoms with Crippen molar-refractivity contribution in [3.05, 3.63) is 81.8 Å². The van der Waals surface area contributed by atoms with Crippen molar-refractivity contribution in [2.45, 2.75) is 26.9 Å². The number of amides is 2. The minimum Gasteiger partial charge on any atom is -0.314 e. The fourth-order valence-electron chi connectivity index (χ4n) is 2.51. The van der Waals surface area contributed by atoms with Crippen LogP contribution in [0.2, 0.25) is 0 Å². The van der Waals surface area contributed by atoms with Gasteiger partial charge in [0.25, 0.3) is 0 Å². The lowest BCUT2D eigenvalue weighted by molar-refractivity contribution is 0.206. The quantitative estimate of drug-likeness (QED) is 0.703. The molecule has 0 saturated heterocycles. The summed E-state index contributed by atoms with van der Waals surface area (Å²) in [4.78, 5) is 19.0. The van der Waals surface area contributed by atoms with Crippen molar-refractivity contribution in [3.8, 4) is 0 Å². The molecule has 0 fully saturated rings. The van der Waals surface area contributed by atoms with E-state index in [1.807, 2.05) is 54.8 Å². The number of urea groups is 1. The molecule has 0 aliphatic carbocycles. The van der Waals surface area contributed by atoms with E-state index in [9.17, 15) is 4.79 Å². The van der Waals surface area contributed by atoms with Gasteiger partial charge in [0.2, 0.25) is 0 Å². The predicted molar refractivity (Wildman–Crippen MR) is 103 cm³/mol. The molecule has 0 atom stereocenters. The highest BCUT2D eigenvalue weighted by Gasteiger charge is 2.16. The minimum atomic E-state index is -0.125. The van der Waals surface area contributed by atoms with Gasteiger partial charge in [-0.3, -0.25) is 4.98 Å². The van der Waals surface area contributed by atoms with Crippen LogP contribution in [0.3, 0.4) is 0 Å². The number of pyridine rings is 1. The number of aromatic nitrogens is 1. The van der Waals surface area contributed by atoms with E-state index >= 15 is 0 Å². The summed E-state index contributed by atoms with van der Waals surface area (Å²) in [6, 6.07) is 13.6. The van der Waals surface area contributed by atoms with Crippen molar-refractivity contribution in [3.63, 3.8) is 0 Å². The second-order valence-corrected chi connectivity index (χ2v) is 6.82. The van der Waals surface area contributed by atoms with E-state index in [0.717, 1.165) is 22.5 Å². The Morgan fingerprint density at radius 3 is 2.68 bits per heavy atom. The Labute approximate surface area is 152 Å². The highest BCUT2D eigenvalue weighted by Crippen LogP contribution is 2.17. The van der Waals surface area contributed by atoms with Crippen LogP contribution in [0.25, 0.3) is 0 Å². The SMILES string of the molecule is Cc1ccc(NC(=O)N(Cc2ccsc2)Cc2ccccn2)cc1C. The number of rotatable bonds is 5. The van der Waals surface area contributed by atoms with Gasteiger partial charge >= 0.3 is 6.03 Å². The number of carbonyl (C=O) groups excluding carboxylic acids is 1. The van der Waals surface area contributed by atoms with Gasteiger partial charge < -0.3 is 10.2 Å². The molecule has 1 aromatic carbocycles. The Bertz CT molecular complexity index is 831. The number of benzene rings is 1. The van der Waals surface area contributed by atoms with Gasteiger partial charge in [-0.2, -0.15) is 11.3 Å². The zero-order chi connectivity index (χ0) is 17.6. The molecule has 2 aromatic heterocycles. The van der Waals surface area contributed by atoms with Gasteiger partial charge in [-0.1, -0.05) is 12.1 Å². The first-order valence-corrected chi connectivity index (χ1v) is 9.10. The van der Waals surface area contributed by atoms with Crippen molar-refractivity contribution >= 4 is 23.1 Å². The molecule has 1 N–H and O–H groups in total. The third-order valence-electron chi connectivity index (χ3n) is 4.08. The minimum absolute atomic E-state index is 0.125. The number of aryl methyl sites for hydroxylation is 2. The highest BCUT2D eigenvalue weighted by atomic mass is 32.1. The van der Waals surface area contributed by atoms with E-state index < -0.39 is 0 Å².